The molecule has 112 valence electrons. The molecule has 1 aliphatic heterocycles. The third-order valence-electron chi connectivity index (χ3n) is 2.70. The van der Waals surface area contributed by atoms with Crippen LogP contribution < -0.4 is 5.32 Å². The lowest BCUT2D eigenvalue weighted by molar-refractivity contribution is -0.120. The van der Waals surface area contributed by atoms with Crippen LogP contribution in [0.4, 0.5) is 0 Å². The molecule has 0 atom stereocenters. The van der Waals surface area contributed by atoms with Gasteiger partial charge >= 0.3 is 0 Å². The molecule has 0 radical (unpaired) electrons. The first kappa shape index (κ1) is 16.0. The second-order valence-electron chi connectivity index (χ2n) is 4.33. The van der Waals surface area contributed by atoms with Crippen LogP contribution >= 0.6 is 23.5 Å². The summed E-state index contributed by atoms with van der Waals surface area (Å²) in [6, 6.07) is 3.51. The van der Waals surface area contributed by atoms with Gasteiger partial charge in [0.1, 0.15) is 11.3 Å². The van der Waals surface area contributed by atoms with E-state index in [0.717, 1.165) is 22.2 Å². The van der Waals surface area contributed by atoms with Crippen LogP contribution in [0.15, 0.2) is 38.7 Å². The van der Waals surface area contributed by atoms with Crippen molar-refractivity contribution in [3.05, 3.63) is 40.0 Å². The summed E-state index contributed by atoms with van der Waals surface area (Å²) < 4.78 is 5.97. The predicted molar refractivity (Wildman–Crippen MR) is 88.0 cm³/mol. The monoisotopic (exact) mass is 323 g/mol. The first-order valence-electron chi connectivity index (χ1n) is 6.76. The maximum Gasteiger partial charge on any atom is 0.256 e. The highest BCUT2D eigenvalue weighted by Crippen LogP contribution is 2.39. The zero-order valence-corrected chi connectivity index (χ0v) is 13.4. The number of rotatable bonds is 6. The van der Waals surface area contributed by atoms with Gasteiger partial charge in [0.05, 0.1) is 10.5 Å². The van der Waals surface area contributed by atoms with E-state index in [0.29, 0.717) is 12.3 Å². The van der Waals surface area contributed by atoms with E-state index in [1.165, 1.54) is 6.08 Å². The summed E-state index contributed by atoms with van der Waals surface area (Å²) in [6.45, 7) is 2.55. The molecule has 0 aliphatic carbocycles. The number of thioether (sulfide) groups is 2. The fourth-order valence-electron chi connectivity index (χ4n) is 1.71. The van der Waals surface area contributed by atoms with Crippen LogP contribution in [0.1, 0.15) is 19.1 Å². The molecule has 1 aromatic rings. The van der Waals surface area contributed by atoms with Gasteiger partial charge in [-0.2, -0.15) is 0 Å². The highest BCUT2D eigenvalue weighted by Gasteiger charge is 2.24. The highest BCUT2D eigenvalue weighted by molar-refractivity contribution is 8.25. The number of hydrogen-bond acceptors (Lipinski definition) is 5. The molecule has 1 N–H and O–H groups in total. The molecule has 0 bridgehead atoms. The molecule has 1 aliphatic rings. The Morgan fingerprint density at radius 3 is 2.76 bits per heavy atom. The van der Waals surface area contributed by atoms with E-state index < -0.39 is 0 Å². The molecule has 4 nitrogen and oxygen atoms in total. The molecule has 2 heterocycles. The summed E-state index contributed by atoms with van der Waals surface area (Å²) in [7, 11) is 0. The lowest BCUT2D eigenvalue weighted by Gasteiger charge is -2.08. The predicted octanol–water partition coefficient (Wildman–Crippen LogP) is 3.08. The molecule has 0 unspecified atom stereocenters. The van der Waals surface area contributed by atoms with Gasteiger partial charge in [-0.25, -0.2) is 0 Å². The van der Waals surface area contributed by atoms with Gasteiger partial charge < -0.3 is 9.73 Å². The van der Waals surface area contributed by atoms with Crippen molar-refractivity contribution >= 4 is 41.3 Å². The Bertz CT molecular complexity index is 553. The smallest absolute Gasteiger partial charge is 0.256 e. The number of ketones is 1. The number of allylic oxidation sites excluding steroid dienone is 1. The Morgan fingerprint density at radius 1 is 1.38 bits per heavy atom. The van der Waals surface area contributed by atoms with E-state index in [-0.39, 0.29) is 17.3 Å². The van der Waals surface area contributed by atoms with Crippen molar-refractivity contribution in [2.75, 3.05) is 18.1 Å². The van der Waals surface area contributed by atoms with Gasteiger partial charge in [0.25, 0.3) is 5.91 Å². The van der Waals surface area contributed by atoms with Gasteiger partial charge in [-0.05, 0) is 30.7 Å². The average Bonchev–Trinajstić information content (AvgIpc) is 3.16. The Morgan fingerprint density at radius 2 is 2.14 bits per heavy atom. The highest BCUT2D eigenvalue weighted by atomic mass is 32.2. The minimum atomic E-state index is -0.289. The number of furan rings is 1. The molecule has 1 fully saturated rings. The molecule has 6 heteroatoms. The minimum absolute atomic E-state index is 0.249. The summed E-state index contributed by atoms with van der Waals surface area (Å²) in [5.74, 6) is 1.88. The van der Waals surface area contributed by atoms with Crippen molar-refractivity contribution in [2.45, 2.75) is 13.3 Å². The fourth-order valence-corrected chi connectivity index (χ4v) is 4.26. The molecule has 2 rings (SSSR count). The largest absolute Gasteiger partial charge is 0.465 e. The summed E-state index contributed by atoms with van der Waals surface area (Å²) >= 11 is 3.14. The number of nitrogens with one attached hydrogen (secondary N) is 1. The van der Waals surface area contributed by atoms with Crippen LogP contribution in [0.2, 0.25) is 0 Å². The van der Waals surface area contributed by atoms with Crippen LogP contribution in [-0.4, -0.2) is 29.7 Å². The van der Waals surface area contributed by atoms with Gasteiger partial charge in [0, 0.05) is 18.1 Å². The number of carbonyl (C=O) groups excluding carboxylic acids is 2. The maximum absolute atomic E-state index is 12.4. The molecular formula is C15H17NO3S2. The summed E-state index contributed by atoms with van der Waals surface area (Å²) in [6.07, 6.45) is 5.36. The Labute approximate surface area is 132 Å². The lowest BCUT2D eigenvalue weighted by atomic mass is 10.1. The molecule has 21 heavy (non-hydrogen) atoms. The molecule has 1 saturated heterocycles. The normalized spacial score (nSPS) is 14.6. The average molecular weight is 323 g/mol. The number of carbonyl (C=O) groups is 2. The van der Waals surface area contributed by atoms with Gasteiger partial charge in [0.15, 0.2) is 5.78 Å². The summed E-state index contributed by atoms with van der Waals surface area (Å²) in [5, 5.41) is 2.78. The third kappa shape index (κ3) is 4.54. The van der Waals surface area contributed by atoms with E-state index in [1.807, 2.05) is 6.92 Å². The van der Waals surface area contributed by atoms with Crippen LogP contribution in [0.3, 0.4) is 0 Å². The van der Waals surface area contributed by atoms with Crippen molar-refractivity contribution < 1.29 is 14.0 Å². The van der Waals surface area contributed by atoms with Crippen molar-refractivity contribution in [3.8, 4) is 0 Å². The van der Waals surface area contributed by atoms with Gasteiger partial charge in [-0.15, -0.1) is 23.5 Å². The topological polar surface area (TPSA) is 59.3 Å². The molecule has 0 aromatic carbocycles. The van der Waals surface area contributed by atoms with E-state index in [1.54, 1.807) is 48.0 Å². The fraction of sp³-hybridized carbons (Fsp3) is 0.333. The van der Waals surface area contributed by atoms with Crippen LogP contribution in [0.5, 0.6) is 0 Å². The first-order valence-corrected chi connectivity index (χ1v) is 8.73. The SMILES string of the molecule is CCCNC(=O)C(C(=O)/C=C/c1ccco1)=C1SCCS1. The zero-order chi connectivity index (χ0) is 15.1. The van der Waals surface area contributed by atoms with E-state index in [4.69, 9.17) is 4.42 Å². The number of amides is 1. The van der Waals surface area contributed by atoms with Crippen molar-refractivity contribution in [3.63, 3.8) is 0 Å². The Balaban J connectivity index is 2.17. The second-order valence-corrected chi connectivity index (χ2v) is 6.80. The summed E-state index contributed by atoms with van der Waals surface area (Å²) in [5.41, 5.74) is 0.249. The molecule has 0 saturated carbocycles. The first-order chi connectivity index (χ1) is 10.2. The summed E-state index contributed by atoms with van der Waals surface area (Å²) in [4.78, 5) is 24.6. The number of hydrogen-bond donors (Lipinski definition) is 1. The lowest BCUT2D eigenvalue weighted by Crippen LogP contribution is -2.29. The van der Waals surface area contributed by atoms with Crippen LogP contribution in [0.25, 0.3) is 6.08 Å². The molecule has 1 amide bonds. The zero-order valence-electron chi connectivity index (χ0n) is 11.8. The van der Waals surface area contributed by atoms with E-state index in [9.17, 15) is 9.59 Å². The van der Waals surface area contributed by atoms with Crippen molar-refractivity contribution in [1.82, 2.24) is 5.32 Å². The van der Waals surface area contributed by atoms with Gasteiger partial charge in [-0.1, -0.05) is 6.92 Å². The van der Waals surface area contributed by atoms with Gasteiger partial charge in [-0.3, -0.25) is 9.59 Å². The maximum atomic E-state index is 12.4. The van der Waals surface area contributed by atoms with Crippen molar-refractivity contribution in [2.24, 2.45) is 0 Å². The minimum Gasteiger partial charge on any atom is -0.465 e. The van der Waals surface area contributed by atoms with Crippen LogP contribution in [-0.2, 0) is 9.59 Å². The second kappa shape index (κ2) is 8.14. The third-order valence-corrected chi connectivity index (χ3v) is 5.42. The van der Waals surface area contributed by atoms with Crippen LogP contribution in [0, 0.1) is 0 Å². The molecule has 1 aromatic heterocycles. The Hall–Kier alpha value is -1.40. The molecular weight excluding hydrogens is 306 g/mol. The van der Waals surface area contributed by atoms with E-state index >= 15 is 0 Å². The van der Waals surface area contributed by atoms with E-state index in [2.05, 4.69) is 5.32 Å². The quantitative estimate of drug-likeness (QED) is 0.495. The standard InChI is InChI=1S/C15H17NO3S2/c1-2-7-16-14(18)13(15-20-9-10-21-15)12(17)6-5-11-4-3-8-19-11/h3-6,8H,2,7,9-10H2,1H3,(H,16,18)/b6-5+. The van der Waals surface area contributed by atoms with Gasteiger partial charge in [0.2, 0.25) is 0 Å². The molecule has 0 spiro atoms. The van der Waals surface area contributed by atoms with Crippen molar-refractivity contribution in [1.29, 1.82) is 0 Å². The Kier molecular flexibility index (Phi) is 6.20.